The van der Waals surface area contributed by atoms with Crippen LogP contribution in [0, 0.1) is 17.2 Å². The van der Waals surface area contributed by atoms with Crippen LogP contribution < -0.4 is 5.73 Å². The summed E-state index contributed by atoms with van der Waals surface area (Å²) in [7, 11) is 1.77. The van der Waals surface area contributed by atoms with E-state index in [1.807, 2.05) is 19.1 Å². The largest absolute Gasteiger partial charge is 0.340 e. The maximum atomic E-state index is 12.3. The first-order valence-electron chi connectivity index (χ1n) is 6.48. The second kappa shape index (κ2) is 5.02. The first-order valence-corrected chi connectivity index (χ1v) is 6.48. The van der Waals surface area contributed by atoms with Gasteiger partial charge in [0.05, 0.1) is 17.2 Å². The molecule has 1 saturated carbocycles. The Morgan fingerprint density at radius 1 is 1.47 bits per heavy atom. The maximum absolute atomic E-state index is 12.3. The van der Waals surface area contributed by atoms with Gasteiger partial charge in [-0.1, -0.05) is 12.1 Å². The van der Waals surface area contributed by atoms with Gasteiger partial charge < -0.3 is 10.6 Å². The quantitative estimate of drug-likeness (QED) is 0.891. The van der Waals surface area contributed by atoms with Crippen molar-refractivity contribution in [3.8, 4) is 6.07 Å². The van der Waals surface area contributed by atoms with Gasteiger partial charge in [0.1, 0.15) is 0 Å². The van der Waals surface area contributed by atoms with Gasteiger partial charge in [-0.05, 0) is 43.4 Å². The van der Waals surface area contributed by atoms with E-state index in [0.717, 1.165) is 18.4 Å². The zero-order chi connectivity index (χ0) is 14.0. The average molecular weight is 257 g/mol. The minimum atomic E-state index is -0.749. The van der Waals surface area contributed by atoms with E-state index in [-0.39, 0.29) is 5.91 Å². The highest BCUT2D eigenvalue weighted by Crippen LogP contribution is 2.38. The summed E-state index contributed by atoms with van der Waals surface area (Å²) < 4.78 is 0. The van der Waals surface area contributed by atoms with Crippen molar-refractivity contribution in [1.29, 1.82) is 5.26 Å². The highest BCUT2D eigenvalue weighted by Gasteiger charge is 2.45. The molecule has 4 nitrogen and oxygen atoms in total. The summed E-state index contributed by atoms with van der Waals surface area (Å²) in [6.07, 6.45) is 2.09. The van der Waals surface area contributed by atoms with Gasteiger partial charge in [0.25, 0.3) is 0 Å². The van der Waals surface area contributed by atoms with Crippen molar-refractivity contribution < 1.29 is 4.79 Å². The van der Waals surface area contributed by atoms with Crippen molar-refractivity contribution in [3.05, 3.63) is 35.4 Å². The SMILES string of the molecule is CN(Cc1ccc(C#N)cc1)C(=O)C(C)(N)C1CC1. The molecule has 0 aromatic heterocycles. The fourth-order valence-corrected chi connectivity index (χ4v) is 2.30. The Morgan fingerprint density at radius 3 is 2.53 bits per heavy atom. The van der Waals surface area contributed by atoms with Crippen LogP contribution in [0.1, 0.15) is 30.9 Å². The Labute approximate surface area is 113 Å². The van der Waals surface area contributed by atoms with Gasteiger partial charge in [-0.3, -0.25) is 4.79 Å². The number of carbonyl (C=O) groups is 1. The second-order valence-electron chi connectivity index (χ2n) is 5.53. The lowest BCUT2D eigenvalue weighted by atomic mass is 9.95. The molecular formula is C15H19N3O. The van der Waals surface area contributed by atoms with Crippen molar-refractivity contribution in [2.24, 2.45) is 11.7 Å². The Bertz CT molecular complexity index is 509. The van der Waals surface area contributed by atoms with E-state index in [1.54, 1.807) is 24.1 Å². The number of amides is 1. The number of nitriles is 1. The summed E-state index contributed by atoms with van der Waals surface area (Å²) in [6.45, 7) is 2.34. The summed E-state index contributed by atoms with van der Waals surface area (Å²) in [5.41, 5.74) is 7.01. The van der Waals surface area contributed by atoms with Gasteiger partial charge in [-0.2, -0.15) is 5.26 Å². The molecule has 0 bridgehead atoms. The average Bonchev–Trinajstić information content (AvgIpc) is 3.23. The van der Waals surface area contributed by atoms with Crippen molar-refractivity contribution in [3.63, 3.8) is 0 Å². The van der Waals surface area contributed by atoms with E-state index in [9.17, 15) is 4.79 Å². The fraction of sp³-hybridized carbons (Fsp3) is 0.467. The molecule has 2 rings (SSSR count). The van der Waals surface area contributed by atoms with Gasteiger partial charge in [0, 0.05) is 13.6 Å². The Morgan fingerprint density at radius 2 is 2.05 bits per heavy atom. The number of hydrogen-bond acceptors (Lipinski definition) is 3. The molecule has 1 aromatic rings. The smallest absolute Gasteiger partial charge is 0.242 e. The molecule has 0 heterocycles. The van der Waals surface area contributed by atoms with Gasteiger partial charge >= 0.3 is 0 Å². The van der Waals surface area contributed by atoms with Crippen LogP contribution in [-0.2, 0) is 11.3 Å². The molecule has 0 spiro atoms. The van der Waals surface area contributed by atoms with E-state index in [4.69, 9.17) is 11.0 Å². The number of nitrogens with zero attached hydrogens (tertiary/aromatic N) is 2. The van der Waals surface area contributed by atoms with Crippen LogP contribution in [-0.4, -0.2) is 23.4 Å². The lowest BCUT2D eigenvalue weighted by Crippen LogP contribution is -2.53. The zero-order valence-electron chi connectivity index (χ0n) is 11.4. The summed E-state index contributed by atoms with van der Waals surface area (Å²) in [4.78, 5) is 14.0. The van der Waals surface area contributed by atoms with Crippen molar-refractivity contribution in [2.45, 2.75) is 31.8 Å². The Kier molecular flexibility index (Phi) is 3.59. The number of carbonyl (C=O) groups excluding carboxylic acids is 1. The number of nitrogens with two attached hydrogens (primary N) is 1. The van der Waals surface area contributed by atoms with Crippen LogP contribution in [0.25, 0.3) is 0 Å². The molecule has 1 aromatic carbocycles. The second-order valence-corrected chi connectivity index (χ2v) is 5.53. The number of benzene rings is 1. The fourth-order valence-electron chi connectivity index (χ4n) is 2.30. The van der Waals surface area contributed by atoms with E-state index in [0.29, 0.717) is 18.0 Å². The predicted octanol–water partition coefficient (Wildman–Crippen LogP) is 1.64. The third kappa shape index (κ3) is 2.94. The summed E-state index contributed by atoms with van der Waals surface area (Å²) in [6, 6.07) is 9.33. The van der Waals surface area contributed by atoms with E-state index in [2.05, 4.69) is 6.07 Å². The molecule has 2 N–H and O–H groups in total. The highest BCUT2D eigenvalue weighted by molar-refractivity contribution is 5.86. The van der Waals surface area contributed by atoms with Crippen LogP contribution >= 0.6 is 0 Å². The lowest BCUT2D eigenvalue weighted by Gasteiger charge is -2.29. The van der Waals surface area contributed by atoms with Crippen molar-refractivity contribution in [2.75, 3.05) is 7.05 Å². The zero-order valence-corrected chi connectivity index (χ0v) is 11.4. The maximum Gasteiger partial charge on any atom is 0.242 e. The van der Waals surface area contributed by atoms with Gasteiger partial charge in [0.15, 0.2) is 0 Å². The first kappa shape index (κ1) is 13.6. The van der Waals surface area contributed by atoms with Crippen LogP contribution in [0.3, 0.4) is 0 Å². The standard InChI is InChI=1S/C15H19N3O/c1-15(17,13-7-8-13)14(19)18(2)10-12-5-3-11(9-16)4-6-12/h3-6,13H,7-8,10,17H2,1-2H3. The molecule has 100 valence electrons. The lowest BCUT2D eigenvalue weighted by molar-refractivity contribution is -0.136. The number of likely N-dealkylation sites (N-methyl/N-ethyl adjacent to an activating group) is 1. The predicted molar refractivity (Wildman–Crippen MR) is 72.9 cm³/mol. The molecule has 1 amide bonds. The molecule has 1 unspecified atom stereocenters. The molecule has 0 radical (unpaired) electrons. The van der Waals surface area contributed by atoms with Gasteiger partial charge in [-0.15, -0.1) is 0 Å². The van der Waals surface area contributed by atoms with E-state index >= 15 is 0 Å². The molecule has 1 aliphatic rings. The molecular weight excluding hydrogens is 238 g/mol. The van der Waals surface area contributed by atoms with Crippen LogP contribution in [0.2, 0.25) is 0 Å². The van der Waals surface area contributed by atoms with Gasteiger partial charge in [-0.25, -0.2) is 0 Å². The van der Waals surface area contributed by atoms with Crippen LogP contribution in [0.5, 0.6) is 0 Å². The molecule has 1 fully saturated rings. The summed E-state index contributed by atoms with van der Waals surface area (Å²) >= 11 is 0. The van der Waals surface area contributed by atoms with Gasteiger partial charge in [0.2, 0.25) is 5.91 Å². The normalized spacial score (nSPS) is 17.4. The summed E-state index contributed by atoms with van der Waals surface area (Å²) in [5.74, 6) is 0.308. The van der Waals surface area contributed by atoms with Crippen LogP contribution in [0.15, 0.2) is 24.3 Å². The highest BCUT2D eigenvalue weighted by atomic mass is 16.2. The molecule has 4 heteroatoms. The molecule has 0 saturated heterocycles. The molecule has 19 heavy (non-hydrogen) atoms. The van der Waals surface area contributed by atoms with E-state index < -0.39 is 5.54 Å². The van der Waals surface area contributed by atoms with Crippen molar-refractivity contribution >= 4 is 5.91 Å². The minimum absolute atomic E-state index is 0.0145. The third-order valence-electron chi connectivity index (χ3n) is 3.74. The Balaban J connectivity index is 2.01. The number of rotatable bonds is 4. The molecule has 0 aliphatic heterocycles. The topological polar surface area (TPSA) is 70.1 Å². The Hall–Kier alpha value is -1.86. The number of hydrogen-bond donors (Lipinski definition) is 1. The molecule has 1 atom stereocenters. The van der Waals surface area contributed by atoms with Crippen LogP contribution in [0.4, 0.5) is 0 Å². The first-order chi connectivity index (χ1) is 8.95. The monoisotopic (exact) mass is 257 g/mol. The van der Waals surface area contributed by atoms with Crippen molar-refractivity contribution in [1.82, 2.24) is 4.90 Å². The third-order valence-corrected chi connectivity index (χ3v) is 3.74. The molecule has 1 aliphatic carbocycles. The summed E-state index contributed by atoms with van der Waals surface area (Å²) in [5, 5.41) is 8.74. The van der Waals surface area contributed by atoms with E-state index in [1.165, 1.54) is 0 Å². The minimum Gasteiger partial charge on any atom is -0.340 e.